The van der Waals surface area contributed by atoms with Crippen molar-refractivity contribution in [1.82, 2.24) is 14.8 Å². The minimum absolute atomic E-state index is 0.0167. The Morgan fingerprint density at radius 2 is 1.70 bits per heavy atom. The molecule has 4 rings (SSSR count). The molecule has 0 atom stereocenters. The van der Waals surface area contributed by atoms with Gasteiger partial charge in [0.25, 0.3) is 11.8 Å². The van der Waals surface area contributed by atoms with Crippen molar-refractivity contribution in [3.8, 4) is 5.69 Å². The van der Waals surface area contributed by atoms with Crippen LogP contribution in [-0.2, 0) is 9.59 Å². The Hall–Kier alpha value is -2.42. The van der Waals surface area contributed by atoms with E-state index >= 15 is 0 Å². The number of urea groups is 1. The van der Waals surface area contributed by atoms with Gasteiger partial charge in [0.1, 0.15) is 5.57 Å². The van der Waals surface area contributed by atoms with Crippen LogP contribution in [-0.4, -0.2) is 33.4 Å². The van der Waals surface area contributed by atoms with Gasteiger partial charge in [-0.2, -0.15) is 0 Å². The largest absolute Gasteiger partial charge is 0.331 e. The average Bonchev–Trinajstić information content (AvgIpc) is 3.00. The fraction of sp³-hybridized carbons (Fsp3) is 0.348. The number of halogens is 1. The zero-order chi connectivity index (χ0) is 21.4. The number of amides is 4. The van der Waals surface area contributed by atoms with Crippen molar-refractivity contribution in [2.45, 2.75) is 52.0 Å². The molecule has 1 saturated carbocycles. The summed E-state index contributed by atoms with van der Waals surface area (Å²) in [5.74, 6) is -1.12. The third kappa shape index (κ3) is 3.82. The van der Waals surface area contributed by atoms with Crippen LogP contribution < -0.4 is 5.32 Å². The van der Waals surface area contributed by atoms with E-state index in [0.29, 0.717) is 0 Å². The molecule has 0 unspecified atom stereocenters. The molecular formula is C23H24IN3O3. The predicted octanol–water partition coefficient (Wildman–Crippen LogP) is 4.49. The Balaban J connectivity index is 1.70. The Bertz CT molecular complexity index is 1050. The highest BCUT2D eigenvalue weighted by Crippen LogP contribution is 2.28. The first-order chi connectivity index (χ1) is 14.4. The second-order valence-corrected chi connectivity index (χ2v) is 9.17. The number of barbiturate groups is 1. The number of rotatable bonds is 3. The fourth-order valence-electron chi connectivity index (χ4n) is 4.42. The molecule has 1 saturated heterocycles. The van der Waals surface area contributed by atoms with E-state index in [-0.39, 0.29) is 11.6 Å². The van der Waals surface area contributed by atoms with Crippen molar-refractivity contribution in [1.29, 1.82) is 0 Å². The first-order valence-corrected chi connectivity index (χ1v) is 11.3. The lowest BCUT2D eigenvalue weighted by atomic mass is 9.93. The summed E-state index contributed by atoms with van der Waals surface area (Å²) in [7, 11) is 0. The molecular weight excluding hydrogens is 493 g/mol. The zero-order valence-corrected chi connectivity index (χ0v) is 19.2. The predicted molar refractivity (Wildman–Crippen MR) is 123 cm³/mol. The number of carbonyl (C=O) groups excluding carboxylic acids is 3. The number of nitrogens with zero attached hydrogens (tertiary/aromatic N) is 2. The maximum absolute atomic E-state index is 13.1. The van der Waals surface area contributed by atoms with E-state index in [0.717, 1.165) is 58.3 Å². The molecule has 1 N–H and O–H groups in total. The summed E-state index contributed by atoms with van der Waals surface area (Å²) < 4.78 is 3.25. The zero-order valence-electron chi connectivity index (χ0n) is 17.1. The van der Waals surface area contributed by atoms with Crippen molar-refractivity contribution in [3.63, 3.8) is 0 Å². The molecule has 1 aromatic carbocycles. The number of hydrogen-bond acceptors (Lipinski definition) is 3. The highest BCUT2D eigenvalue weighted by molar-refractivity contribution is 14.1. The third-order valence-electron chi connectivity index (χ3n) is 5.93. The van der Waals surface area contributed by atoms with E-state index in [1.165, 1.54) is 4.90 Å². The van der Waals surface area contributed by atoms with Gasteiger partial charge >= 0.3 is 6.03 Å². The number of hydrogen-bond donors (Lipinski definition) is 1. The van der Waals surface area contributed by atoms with Gasteiger partial charge in [0.15, 0.2) is 0 Å². The topological polar surface area (TPSA) is 71.4 Å². The molecule has 7 heteroatoms. The molecule has 0 radical (unpaired) electrons. The molecule has 2 aliphatic rings. The lowest BCUT2D eigenvalue weighted by molar-refractivity contribution is -0.132. The molecule has 6 nitrogen and oxygen atoms in total. The molecule has 156 valence electrons. The van der Waals surface area contributed by atoms with Gasteiger partial charge in [-0.1, -0.05) is 19.3 Å². The normalized spacial score (nSPS) is 19.5. The average molecular weight is 517 g/mol. The molecule has 0 spiro atoms. The van der Waals surface area contributed by atoms with E-state index in [9.17, 15) is 14.4 Å². The van der Waals surface area contributed by atoms with Crippen LogP contribution >= 0.6 is 22.6 Å². The van der Waals surface area contributed by atoms with Crippen LogP contribution in [0.5, 0.6) is 0 Å². The monoisotopic (exact) mass is 517 g/mol. The number of aryl methyl sites for hydroxylation is 1. The lowest BCUT2D eigenvalue weighted by Gasteiger charge is -2.35. The summed E-state index contributed by atoms with van der Waals surface area (Å²) in [6.45, 7) is 3.96. The van der Waals surface area contributed by atoms with Crippen LogP contribution in [0.4, 0.5) is 4.79 Å². The Kier molecular flexibility index (Phi) is 5.81. The minimum Gasteiger partial charge on any atom is -0.318 e. The van der Waals surface area contributed by atoms with Crippen LogP contribution in [0.15, 0.2) is 35.9 Å². The van der Waals surface area contributed by atoms with Gasteiger partial charge < -0.3 is 4.57 Å². The number of benzene rings is 1. The van der Waals surface area contributed by atoms with Gasteiger partial charge in [0.05, 0.1) is 0 Å². The first-order valence-electron chi connectivity index (χ1n) is 10.2. The lowest BCUT2D eigenvalue weighted by Crippen LogP contribution is -2.58. The molecule has 1 aliphatic carbocycles. The van der Waals surface area contributed by atoms with E-state index in [1.807, 2.05) is 44.2 Å². The maximum Gasteiger partial charge on any atom is 0.331 e. The molecule has 0 bridgehead atoms. The number of aromatic nitrogens is 1. The van der Waals surface area contributed by atoms with Crippen LogP contribution in [0.1, 0.15) is 49.1 Å². The van der Waals surface area contributed by atoms with E-state index in [1.54, 1.807) is 6.08 Å². The number of nitrogens with one attached hydrogen (secondary N) is 1. The molecule has 2 heterocycles. The minimum atomic E-state index is -0.629. The van der Waals surface area contributed by atoms with Crippen LogP contribution in [0.25, 0.3) is 11.8 Å². The van der Waals surface area contributed by atoms with E-state index in [2.05, 4.69) is 32.5 Å². The summed E-state index contributed by atoms with van der Waals surface area (Å²) >= 11 is 2.27. The maximum atomic E-state index is 13.1. The SMILES string of the molecule is Cc1cc(C=C2C(=O)NC(=O)N(C3CCCCC3)C2=O)c(C)n1-c1ccc(I)cc1. The molecule has 2 aromatic rings. The number of carbonyl (C=O) groups is 3. The molecule has 30 heavy (non-hydrogen) atoms. The highest BCUT2D eigenvalue weighted by Gasteiger charge is 2.40. The Labute approximate surface area is 189 Å². The quantitative estimate of drug-likeness (QED) is 0.371. The molecule has 4 amide bonds. The second-order valence-electron chi connectivity index (χ2n) is 7.92. The smallest absolute Gasteiger partial charge is 0.318 e. The first kappa shape index (κ1) is 20.8. The van der Waals surface area contributed by atoms with Crippen LogP contribution in [0, 0.1) is 17.4 Å². The summed E-state index contributed by atoms with van der Waals surface area (Å²) in [5, 5.41) is 2.36. The van der Waals surface area contributed by atoms with Gasteiger partial charge in [-0.15, -0.1) is 0 Å². The van der Waals surface area contributed by atoms with Gasteiger partial charge in [-0.05, 0) is 91.3 Å². The summed E-state index contributed by atoms with van der Waals surface area (Å²) in [6, 6.07) is 9.39. The number of imide groups is 2. The van der Waals surface area contributed by atoms with Crippen molar-refractivity contribution in [2.75, 3.05) is 0 Å². The fourth-order valence-corrected chi connectivity index (χ4v) is 4.78. The van der Waals surface area contributed by atoms with Gasteiger partial charge in [0.2, 0.25) is 0 Å². The van der Waals surface area contributed by atoms with Gasteiger partial charge in [0, 0.05) is 26.7 Å². The van der Waals surface area contributed by atoms with Gasteiger partial charge in [-0.25, -0.2) is 4.79 Å². The van der Waals surface area contributed by atoms with Crippen LogP contribution in [0.2, 0.25) is 0 Å². The molecule has 2 fully saturated rings. The van der Waals surface area contributed by atoms with E-state index < -0.39 is 17.8 Å². The summed E-state index contributed by atoms with van der Waals surface area (Å²) in [5.41, 5.74) is 3.77. The second kappa shape index (κ2) is 8.37. The summed E-state index contributed by atoms with van der Waals surface area (Å²) in [4.78, 5) is 39.3. The van der Waals surface area contributed by atoms with Crippen molar-refractivity contribution in [3.05, 3.63) is 56.4 Å². The van der Waals surface area contributed by atoms with Crippen molar-refractivity contribution < 1.29 is 14.4 Å². The third-order valence-corrected chi connectivity index (χ3v) is 6.65. The van der Waals surface area contributed by atoms with Crippen molar-refractivity contribution >= 4 is 46.5 Å². The highest BCUT2D eigenvalue weighted by atomic mass is 127. The van der Waals surface area contributed by atoms with Crippen LogP contribution in [0.3, 0.4) is 0 Å². The van der Waals surface area contributed by atoms with Crippen molar-refractivity contribution in [2.24, 2.45) is 0 Å². The van der Waals surface area contributed by atoms with Gasteiger partial charge in [-0.3, -0.25) is 19.8 Å². The molecule has 1 aromatic heterocycles. The molecule has 1 aliphatic heterocycles. The Morgan fingerprint density at radius 1 is 1.03 bits per heavy atom. The summed E-state index contributed by atoms with van der Waals surface area (Å²) in [6.07, 6.45) is 6.30. The standard InChI is InChI=1S/C23H24IN3O3/c1-14-12-16(15(2)26(14)19-10-8-17(24)9-11-19)13-20-21(28)25-23(30)27(22(20)29)18-6-4-3-5-7-18/h8-13,18H,3-7H2,1-2H3,(H,25,28,30). The van der Waals surface area contributed by atoms with E-state index in [4.69, 9.17) is 0 Å². The Morgan fingerprint density at radius 3 is 2.37 bits per heavy atom.